The van der Waals surface area contributed by atoms with E-state index in [2.05, 4.69) is 14.8 Å². The quantitative estimate of drug-likeness (QED) is 0.243. The number of aryl methyl sites for hydroxylation is 1. The minimum atomic E-state index is -3.97. The highest BCUT2D eigenvalue weighted by Gasteiger charge is 2.20. The smallest absolute Gasteiger partial charge is 0.262 e. The maximum absolute atomic E-state index is 13.0. The number of nitrogens with one attached hydrogen (secondary N) is 3. The van der Waals surface area contributed by atoms with Gasteiger partial charge in [-0.2, -0.15) is 0 Å². The second-order valence-corrected chi connectivity index (χ2v) is 11.9. The highest BCUT2D eigenvalue weighted by molar-refractivity contribution is 7.93. The van der Waals surface area contributed by atoms with Crippen LogP contribution in [0.1, 0.15) is 15.9 Å². The molecule has 0 saturated carbocycles. The molecule has 208 valence electrons. The Morgan fingerprint density at radius 3 is 2.05 bits per heavy atom. The summed E-state index contributed by atoms with van der Waals surface area (Å²) >= 11 is 0. The van der Waals surface area contributed by atoms with Gasteiger partial charge in [-0.15, -0.1) is 0 Å². The standard InChI is InChI=1S/C28H27N3O7S2/c1-19-9-10-20(17-27(19)40(35,36)30-22-7-5-4-6-8-22)28(32)29-21-11-14-24(15-12-21)39(33,34)31-25-16-13-23(37-2)18-26(25)38-3/h4-18,30-31H,1-3H3,(H,29,32). The maximum atomic E-state index is 13.0. The van der Waals surface area contributed by atoms with Crippen molar-refractivity contribution >= 4 is 43.0 Å². The molecule has 0 heterocycles. The number of hydrogen-bond donors (Lipinski definition) is 3. The third kappa shape index (κ3) is 6.53. The van der Waals surface area contributed by atoms with Crippen LogP contribution in [-0.4, -0.2) is 37.0 Å². The van der Waals surface area contributed by atoms with Crippen LogP contribution >= 0.6 is 0 Å². The van der Waals surface area contributed by atoms with E-state index in [0.717, 1.165) is 0 Å². The van der Waals surface area contributed by atoms with Gasteiger partial charge in [0.15, 0.2) is 0 Å². The molecule has 0 fully saturated rings. The summed E-state index contributed by atoms with van der Waals surface area (Å²) in [6, 6.07) is 23.0. The van der Waals surface area contributed by atoms with Gasteiger partial charge >= 0.3 is 0 Å². The maximum Gasteiger partial charge on any atom is 0.262 e. The molecule has 0 aliphatic rings. The van der Waals surface area contributed by atoms with Crippen molar-refractivity contribution in [3.05, 3.63) is 102 Å². The Morgan fingerprint density at radius 1 is 0.700 bits per heavy atom. The molecule has 4 aromatic rings. The van der Waals surface area contributed by atoms with E-state index in [9.17, 15) is 21.6 Å². The van der Waals surface area contributed by atoms with Crippen LogP contribution in [0.4, 0.5) is 17.1 Å². The number of rotatable bonds is 10. The van der Waals surface area contributed by atoms with Crippen LogP contribution in [0.5, 0.6) is 11.5 Å². The van der Waals surface area contributed by atoms with Gasteiger partial charge in [0.25, 0.3) is 26.0 Å². The zero-order valence-electron chi connectivity index (χ0n) is 21.8. The molecule has 4 rings (SSSR count). The normalized spacial score (nSPS) is 11.4. The van der Waals surface area contributed by atoms with Crippen LogP contribution in [0.2, 0.25) is 0 Å². The topological polar surface area (TPSA) is 140 Å². The third-order valence-corrected chi connectivity index (χ3v) is 8.75. The Kier molecular flexibility index (Phi) is 8.31. The molecule has 0 saturated heterocycles. The lowest BCUT2D eigenvalue weighted by Crippen LogP contribution is -2.17. The summed E-state index contributed by atoms with van der Waals surface area (Å²) in [5.74, 6) is 0.226. The van der Waals surface area contributed by atoms with Crippen LogP contribution in [0.15, 0.2) is 101 Å². The van der Waals surface area contributed by atoms with Crippen LogP contribution < -0.4 is 24.2 Å². The van der Waals surface area contributed by atoms with Crippen LogP contribution in [0.3, 0.4) is 0 Å². The van der Waals surface area contributed by atoms with Crippen molar-refractivity contribution in [2.45, 2.75) is 16.7 Å². The van der Waals surface area contributed by atoms with Gasteiger partial charge in [-0.25, -0.2) is 16.8 Å². The first kappa shape index (κ1) is 28.5. The molecule has 0 aliphatic carbocycles. The van der Waals surface area contributed by atoms with E-state index in [4.69, 9.17) is 9.47 Å². The van der Waals surface area contributed by atoms with Gasteiger partial charge < -0.3 is 14.8 Å². The molecule has 1 amide bonds. The van der Waals surface area contributed by atoms with Gasteiger partial charge in [-0.3, -0.25) is 14.2 Å². The van der Waals surface area contributed by atoms with E-state index in [-0.39, 0.29) is 26.8 Å². The molecule has 40 heavy (non-hydrogen) atoms. The van der Waals surface area contributed by atoms with Crippen molar-refractivity contribution in [1.29, 1.82) is 0 Å². The first-order valence-corrected chi connectivity index (χ1v) is 14.8. The summed E-state index contributed by atoms with van der Waals surface area (Å²) < 4.78 is 67.1. The Labute approximate surface area is 233 Å². The van der Waals surface area contributed by atoms with E-state index in [0.29, 0.717) is 22.7 Å². The van der Waals surface area contributed by atoms with E-state index in [1.807, 2.05) is 0 Å². The van der Waals surface area contributed by atoms with Gasteiger partial charge in [0, 0.05) is 23.0 Å². The molecule has 12 heteroatoms. The van der Waals surface area contributed by atoms with Crippen molar-refractivity contribution < 1.29 is 31.1 Å². The van der Waals surface area contributed by atoms with Gasteiger partial charge in [-0.05, 0) is 73.2 Å². The first-order valence-electron chi connectivity index (χ1n) is 11.9. The van der Waals surface area contributed by atoms with Crippen LogP contribution in [-0.2, 0) is 20.0 Å². The number of para-hydroxylation sites is 1. The zero-order chi connectivity index (χ0) is 28.9. The molecular formula is C28H27N3O7S2. The highest BCUT2D eigenvalue weighted by atomic mass is 32.2. The SMILES string of the molecule is COc1ccc(NS(=O)(=O)c2ccc(NC(=O)c3ccc(C)c(S(=O)(=O)Nc4ccccc4)c3)cc2)c(OC)c1. The Morgan fingerprint density at radius 2 is 1.40 bits per heavy atom. The number of benzene rings is 4. The minimum Gasteiger partial charge on any atom is -0.497 e. The van der Waals surface area contributed by atoms with Crippen LogP contribution in [0, 0.1) is 6.92 Å². The molecule has 0 aliphatic heterocycles. The molecule has 10 nitrogen and oxygen atoms in total. The fourth-order valence-electron chi connectivity index (χ4n) is 3.75. The summed E-state index contributed by atoms with van der Waals surface area (Å²) in [6.07, 6.45) is 0. The number of methoxy groups -OCH3 is 2. The first-order chi connectivity index (χ1) is 19.0. The molecule has 0 radical (unpaired) electrons. The lowest BCUT2D eigenvalue weighted by atomic mass is 10.1. The Bertz CT molecular complexity index is 1740. The monoisotopic (exact) mass is 581 g/mol. The van der Waals surface area contributed by atoms with Crippen LogP contribution in [0.25, 0.3) is 0 Å². The molecule has 4 aromatic carbocycles. The average Bonchev–Trinajstić information content (AvgIpc) is 2.93. The van der Waals surface area contributed by atoms with Crippen molar-refractivity contribution in [1.82, 2.24) is 0 Å². The Balaban J connectivity index is 1.49. The largest absolute Gasteiger partial charge is 0.497 e. The number of anilines is 3. The fraction of sp³-hybridized carbons (Fsp3) is 0.107. The van der Waals surface area contributed by atoms with Crippen molar-refractivity contribution in [2.24, 2.45) is 0 Å². The number of ether oxygens (including phenoxy) is 2. The van der Waals surface area contributed by atoms with Gasteiger partial charge in [0.2, 0.25) is 0 Å². The average molecular weight is 582 g/mol. The van der Waals surface area contributed by atoms with Crippen molar-refractivity contribution in [3.63, 3.8) is 0 Å². The Hall–Kier alpha value is -4.55. The number of sulfonamides is 2. The zero-order valence-corrected chi connectivity index (χ0v) is 23.5. The van der Waals surface area contributed by atoms with Gasteiger partial charge in [0.05, 0.1) is 29.7 Å². The van der Waals surface area contributed by atoms with E-state index in [1.54, 1.807) is 55.5 Å². The molecule has 0 bridgehead atoms. The number of amides is 1. The molecule has 0 atom stereocenters. The third-order valence-electron chi connectivity index (χ3n) is 5.84. The van der Waals surface area contributed by atoms with Crippen molar-refractivity contribution in [2.75, 3.05) is 29.0 Å². The molecule has 0 unspecified atom stereocenters. The molecule has 0 aromatic heterocycles. The van der Waals surface area contributed by atoms with E-state index >= 15 is 0 Å². The number of carbonyl (C=O) groups is 1. The summed E-state index contributed by atoms with van der Waals surface area (Å²) in [4.78, 5) is 12.8. The molecule has 3 N–H and O–H groups in total. The van der Waals surface area contributed by atoms with E-state index in [1.165, 1.54) is 56.7 Å². The lowest BCUT2D eigenvalue weighted by Gasteiger charge is -2.14. The fourth-order valence-corrected chi connectivity index (χ4v) is 6.16. The molecular weight excluding hydrogens is 554 g/mol. The highest BCUT2D eigenvalue weighted by Crippen LogP contribution is 2.31. The van der Waals surface area contributed by atoms with E-state index < -0.39 is 26.0 Å². The number of carbonyl (C=O) groups excluding carboxylic acids is 1. The number of hydrogen-bond acceptors (Lipinski definition) is 7. The predicted molar refractivity (Wildman–Crippen MR) is 153 cm³/mol. The second kappa shape index (κ2) is 11.7. The van der Waals surface area contributed by atoms with Crippen molar-refractivity contribution in [3.8, 4) is 11.5 Å². The molecule has 0 spiro atoms. The summed E-state index contributed by atoms with van der Waals surface area (Å²) in [5.41, 5.74) is 1.53. The summed E-state index contributed by atoms with van der Waals surface area (Å²) in [7, 11) is -5.02. The lowest BCUT2D eigenvalue weighted by molar-refractivity contribution is 0.102. The summed E-state index contributed by atoms with van der Waals surface area (Å²) in [6.45, 7) is 1.63. The van der Waals surface area contributed by atoms with Gasteiger partial charge in [0.1, 0.15) is 11.5 Å². The summed E-state index contributed by atoms with van der Waals surface area (Å²) in [5, 5.41) is 2.66. The van der Waals surface area contributed by atoms with Gasteiger partial charge in [-0.1, -0.05) is 24.3 Å². The minimum absolute atomic E-state index is 0.0366. The second-order valence-electron chi connectivity index (χ2n) is 8.60. The predicted octanol–water partition coefficient (Wildman–Crippen LogP) is 4.87.